The lowest BCUT2D eigenvalue weighted by Crippen LogP contribution is -2.26. The molecule has 4 N–H and O–H groups in total. The number of nitrogens with one attached hydrogen (secondary N) is 1. The van der Waals surface area contributed by atoms with Gasteiger partial charge >= 0.3 is 5.97 Å². The molecule has 1 aliphatic heterocycles. The van der Waals surface area contributed by atoms with E-state index in [4.69, 9.17) is 10.8 Å². The van der Waals surface area contributed by atoms with Crippen molar-refractivity contribution in [2.45, 2.75) is 25.8 Å². The van der Waals surface area contributed by atoms with Gasteiger partial charge in [-0.1, -0.05) is 37.3 Å². The number of rotatable bonds is 2. The zero-order chi connectivity index (χ0) is 15.2. The molecule has 4 nitrogen and oxygen atoms in total. The summed E-state index contributed by atoms with van der Waals surface area (Å²) in [6, 6.07) is 15.0. The van der Waals surface area contributed by atoms with Crippen LogP contribution in [-0.2, 0) is 17.6 Å². The molecule has 1 heterocycles. The van der Waals surface area contributed by atoms with Crippen molar-refractivity contribution in [1.82, 2.24) is 0 Å². The Morgan fingerprint density at radius 2 is 1.95 bits per heavy atom. The highest BCUT2D eigenvalue weighted by Crippen LogP contribution is 2.29. The quantitative estimate of drug-likeness (QED) is 0.741. The van der Waals surface area contributed by atoms with Gasteiger partial charge in [0, 0.05) is 17.8 Å². The Kier molecular flexibility index (Phi) is 4.82. The SMILES string of the molecule is CCc1cccc2c1CC(C(=O)O)N2.Nc1ccccc1. The van der Waals surface area contributed by atoms with Gasteiger partial charge in [0.25, 0.3) is 0 Å². The van der Waals surface area contributed by atoms with Crippen LogP contribution in [-0.4, -0.2) is 17.1 Å². The van der Waals surface area contributed by atoms with Crippen LogP contribution in [0.2, 0.25) is 0 Å². The first-order chi connectivity index (χ1) is 10.1. The first-order valence-electron chi connectivity index (χ1n) is 7.02. The van der Waals surface area contributed by atoms with Crippen molar-refractivity contribution in [2.75, 3.05) is 11.1 Å². The summed E-state index contributed by atoms with van der Waals surface area (Å²) in [6.07, 6.45) is 1.56. The maximum atomic E-state index is 10.8. The van der Waals surface area contributed by atoms with Crippen LogP contribution in [0.1, 0.15) is 18.1 Å². The molecule has 0 saturated carbocycles. The minimum Gasteiger partial charge on any atom is -0.480 e. The van der Waals surface area contributed by atoms with Crippen LogP contribution < -0.4 is 11.1 Å². The van der Waals surface area contributed by atoms with Crippen LogP contribution in [0.4, 0.5) is 11.4 Å². The summed E-state index contributed by atoms with van der Waals surface area (Å²) in [7, 11) is 0. The molecule has 0 bridgehead atoms. The van der Waals surface area contributed by atoms with E-state index in [-0.39, 0.29) is 0 Å². The monoisotopic (exact) mass is 284 g/mol. The molecule has 2 aromatic carbocycles. The molecule has 0 aromatic heterocycles. The number of para-hydroxylation sites is 1. The van der Waals surface area contributed by atoms with E-state index >= 15 is 0 Å². The van der Waals surface area contributed by atoms with Crippen molar-refractivity contribution in [3.05, 3.63) is 59.7 Å². The van der Waals surface area contributed by atoms with E-state index in [1.54, 1.807) is 0 Å². The van der Waals surface area contributed by atoms with Gasteiger partial charge in [0.1, 0.15) is 6.04 Å². The lowest BCUT2D eigenvalue weighted by Gasteiger charge is -2.03. The topological polar surface area (TPSA) is 75.3 Å². The number of carboxylic acid groups (broad SMARTS) is 1. The van der Waals surface area contributed by atoms with Gasteiger partial charge in [0.05, 0.1) is 0 Å². The van der Waals surface area contributed by atoms with Crippen molar-refractivity contribution in [1.29, 1.82) is 0 Å². The molecular formula is C17H20N2O2. The summed E-state index contributed by atoms with van der Waals surface area (Å²) < 4.78 is 0. The minimum absolute atomic E-state index is 0.447. The van der Waals surface area contributed by atoms with Gasteiger partial charge in [-0.15, -0.1) is 0 Å². The number of carbonyl (C=O) groups is 1. The number of anilines is 2. The molecule has 1 unspecified atom stereocenters. The Balaban J connectivity index is 0.000000194. The fraction of sp³-hybridized carbons (Fsp3) is 0.235. The number of carboxylic acids is 1. The van der Waals surface area contributed by atoms with E-state index in [2.05, 4.69) is 18.3 Å². The first-order valence-corrected chi connectivity index (χ1v) is 7.02. The Morgan fingerprint density at radius 1 is 1.24 bits per heavy atom. The van der Waals surface area contributed by atoms with Crippen LogP contribution in [0.3, 0.4) is 0 Å². The second-order valence-electron chi connectivity index (χ2n) is 4.95. The predicted molar refractivity (Wildman–Crippen MR) is 85.4 cm³/mol. The molecule has 0 spiro atoms. The maximum absolute atomic E-state index is 10.8. The van der Waals surface area contributed by atoms with Gasteiger partial charge in [0.15, 0.2) is 0 Å². The fourth-order valence-corrected chi connectivity index (χ4v) is 2.39. The molecule has 110 valence electrons. The van der Waals surface area contributed by atoms with Crippen molar-refractivity contribution >= 4 is 17.3 Å². The molecule has 0 saturated heterocycles. The van der Waals surface area contributed by atoms with Gasteiger partial charge in [-0.3, -0.25) is 0 Å². The molecule has 0 amide bonds. The summed E-state index contributed by atoms with van der Waals surface area (Å²) in [5.41, 5.74) is 9.58. The van der Waals surface area contributed by atoms with Gasteiger partial charge < -0.3 is 16.2 Å². The van der Waals surface area contributed by atoms with Gasteiger partial charge in [0.2, 0.25) is 0 Å². The highest BCUT2D eigenvalue weighted by molar-refractivity contribution is 5.81. The van der Waals surface area contributed by atoms with Gasteiger partial charge in [-0.05, 0) is 35.7 Å². The van der Waals surface area contributed by atoms with Crippen LogP contribution in [0.25, 0.3) is 0 Å². The van der Waals surface area contributed by atoms with E-state index in [1.807, 2.05) is 42.5 Å². The van der Waals surface area contributed by atoms with Gasteiger partial charge in [-0.2, -0.15) is 0 Å². The molecule has 1 aliphatic rings. The molecule has 21 heavy (non-hydrogen) atoms. The molecular weight excluding hydrogens is 264 g/mol. The van der Waals surface area contributed by atoms with Crippen molar-refractivity contribution in [3.63, 3.8) is 0 Å². The fourth-order valence-electron chi connectivity index (χ4n) is 2.39. The Morgan fingerprint density at radius 3 is 2.48 bits per heavy atom. The summed E-state index contributed by atoms with van der Waals surface area (Å²) in [5, 5.41) is 11.9. The Labute approximate surface area is 124 Å². The molecule has 0 radical (unpaired) electrons. The number of benzene rings is 2. The van der Waals surface area contributed by atoms with E-state index in [1.165, 1.54) is 11.1 Å². The molecule has 0 aliphatic carbocycles. The molecule has 0 fully saturated rings. The highest BCUT2D eigenvalue weighted by Gasteiger charge is 2.27. The summed E-state index contributed by atoms with van der Waals surface area (Å²) >= 11 is 0. The normalized spacial score (nSPS) is 15.4. The smallest absolute Gasteiger partial charge is 0.326 e. The number of hydrogen-bond donors (Lipinski definition) is 3. The number of fused-ring (bicyclic) bond motifs is 1. The largest absolute Gasteiger partial charge is 0.480 e. The standard InChI is InChI=1S/C11H13NO2.C6H7N/c1-2-7-4-3-5-9-8(7)6-10(12-9)11(13)14;7-6-4-2-1-3-5-6/h3-5,10,12H,2,6H2,1H3,(H,13,14);1-5H,7H2. The number of nitrogen functional groups attached to an aromatic ring is 1. The third-order valence-electron chi connectivity index (χ3n) is 3.49. The van der Waals surface area contributed by atoms with Crippen LogP contribution in [0.15, 0.2) is 48.5 Å². The lowest BCUT2D eigenvalue weighted by molar-refractivity contribution is -0.137. The molecule has 1 atom stereocenters. The zero-order valence-electron chi connectivity index (χ0n) is 12.0. The number of hydrogen-bond acceptors (Lipinski definition) is 3. The van der Waals surface area contributed by atoms with Crippen molar-refractivity contribution < 1.29 is 9.90 Å². The Hall–Kier alpha value is -2.49. The highest BCUT2D eigenvalue weighted by atomic mass is 16.4. The van der Waals surface area contributed by atoms with Crippen LogP contribution >= 0.6 is 0 Å². The summed E-state index contributed by atoms with van der Waals surface area (Å²) in [4.78, 5) is 10.8. The molecule has 4 heteroatoms. The van der Waals surface area contributed by atoms with Crippen molar-refractivity contribution in [3.8, 4) is 0 Å². The van der Waals surface area contributed by atoms with E-state index in [9.17, 15) is 4.79 Å². The molecule has 3 rings (SSSR count). The van der Waals surface area contributed by atoms with Gasteiger partial charge in [-0.25, -0.2) is 4.79 Å². The average Bonchev–Trinajstić information content (AvgIpc) is 2.93. The van der Waals surface area contributed by atoms with E-state index in [0.29, 0.717) is 6.42 Å². The van der Waals surface area contributed by atoms with Crippen LogP contribution in [0.5, 0.6) is 0 Å². The maximum Gasteiger partial charge on any atom is 0.326 e. The van der Waals surface area contributed by atoms with E-state index < -0.39 is 12.0 Å². The average molecular weight is 284 g/mol. The lowest BCUT2D eigenvalue weighted by atomic mass is 10.0. The van der Waals surface area contributed by atoms with Crippen molar-refractivity contribution in [2.24, 2.45) is 0 Å². The number of aliphatic carboxylic acids is 1. The summed E-state index contributed by atoms with van der Waals surface area (Å²) in [5.74, 6) is -0.775. The predicted octanol–water partition coefficient (Wildman–Crippen LogP) is 2.94. The molecule has 2 aromatic rings. The number of aryl methyl sites for hydroxylation is 1. The summed E-state index contributed by atoms with van der Waals surface area (Å²) in [6.45, 7) is 2.09. The van der Waals surface area contributed by atoms with E-state index in [0.717, 1.165) is 17.8 Å². The third kappa shape index (κ3) is 3.75. The zero-order valence-corrected chi connectivity index (χ0v) is 12.0. The van der Waals surface area contributed by atoms with Crippen LogP contribution in [0, 0.1) is 0 Å². The Bertz CT molecular complexity index is 611. The minimum atomic E-state index is -0.775. The second-order valence-corrected chi connectivity index (χ2v) is 4.95. The number of nitrogens with two attached hydrogens (primary N) is 1. The first kappa shape index (κ1) is 14.9. The third-order valence-corrected chi connectivity index (χ3v) is 3.49. The second kappa shape index (κ2) is 6.79.